The summed E-state index contributed by atoms with van der Waals surface area (Å²) in [6.07, 6.45) is 4.70. The largest absolute Gasteiger partial charge is 0.260 e. The van der Waals surface area contributed by atoms with Gasteiger partial charge in [-0.25, -0.2) is 18.9 Å². The molecule has 3 rings (SSSR count). The third-order valence-corrected chi connectivity index (χ3v) is 3.01. The molecule has 0 spiro atoms. The number of hydrogen-bond donors (Lipinski definition) is 0. The lowest BCUT2D eigenvalue weighted by molar-refractivity contribution is 0.626. The van der Waals surface area contributed by atoms with Crippen molar-refractivity contribution >= 4 is 5.69 Å². The lowest BCUT2D eigenvalue weighted by Crippen LogP contribution is -1.99. The fourth-order valence-electron chi connectivity index (χ4n) is 2.03. The first kappa shape index (κ1) is 14.4. The minimum atomic E-state index is -0.476. The highest BCUT2D eigenvalue weighted by molar-refractivity contribution is 5.53. The Morgan fingerprint density at radius 3 is 2.70 bits per heavy atom. The molecule has 0 radical (unpaired) electrons. The van der Waals surface area contributed by atoms with Crippen molar-refractivity contribution in [3.8, 4) is 17.5 Å². The summed E-state index contributed by atoms with van der Waals surface area (Å²) in [4.78, 5) is 11.3. The van der Waals surface area contributed by atoms with Crippen molar-refractivity contribution in [3.05, 3.63) is 77.2 Å². The highest BCUT2D eigenvalue weighted by atomic mass is 19.1. The van der Waals surface area contributed by atoms with Gasteiger partial charge in [-0.3, -0.25) is 4.98 Å². The van der Waals surface area contributed by atoms with Gasteiger partial charge in [0.2, 0.25) is 0 Å². The molecule has 0 fully saturated rings. The number of benzene rings is 1. The molecule has 0 atom stereocenters. The van der Waals surface area contributed by atoms with Crippen LogP contribution in [0.4, 0.5) is 10.1 Å². The maximum Gasteiger partial charge on any atom is 0.192 e. The van der Waals surface area contributed by atoms with Crippen molar-refractivity contribution in [3.63, 3.8) is 0 Å². The highest BCUT2D eigenvalue weighted by Gasteiger charge is 2.08. The third-order valence-electron chi connectivity index (χ3n) is 3.01. The summed E-state index contributed by atoms with van der Waals surface area (Å²) in [6, 6.07) is 5.88. The maximum atomic E-state index is 13.6. The molecule has 0 N–H and O–H groups in total. The van der Waals surface area contributed by atoms with Gasteiger partial charge in [0.05, 0.1) is 18.5 Å². The zero-order valence-electron chi connectivity index (χ0n) is 12.2. The maximum absolute atomic E-state index is 13.6. The molecule has 0 aliphatic heterocycles. The van der Waals surface area contributed by atoms with Gasteiger partial charge in [-0.15, -0.1) is 0 Å². The fraction of sp³-hybridized carbons (Fsp3) is 0.0588. The summed E-state index contributed by atoms with van der Waals surface area (Å²) < 4.78 is 15.1. The van der Waals surface area contributed by atoms with Gasteiger partial charge >= 0.3 is 0 Å². The second kappa shape index (κ2) is 6.08. The lowest BCUT2D eigenvalue weighted by atomic mass is 10.2. The predicted octanol–water partition coefficient (Wildman–Crippen LogP) is 3.06. The van der Waals surface area contributed by atoms with Gasteiger partial charge in [-0.2, -0.15) is 5.10 Å². The Bertz CT molecular complexity index is 958. The minimum absolute atomic E-state index is 0.224. The summed E-state index contributed by atoms with van der Waals surface area (Å²) in [5, 5.41) is 4.34. The van der Waals surface area contributed by atoms with E-state index in [9.17, 15) is 4.39 Å². The SMILES string of the molecule is [C-]#[N+]c1cc(F)cc(-n2nc(C#Cc3cnccn3)cc2C)c1. The van der Waals surface area contributed by atoms with Crippen LogP contribution in [-0.4, -0.2) is 19.7 Å². The number of rotatable bonds is 1. The van der Waals surface area contributed by atoms with E-state index in [0.717, 1.165) is 5.69 Å². The summed E-state index contributed by atoms with van der Waals surface area (Å²) >= 11 is 0. The zero-order valence-corrected chi connectivity index (χ0v) is 12.2. The van der Waals surface area contributed by atoms with Gasteiger partial charge < -0.3 is 0 Å². The highest BCUT2D eigenvalue weighted by Crippen LogP contribution is 2.21. The van der Waals surface area contributed by atoms with E-state index < -0.39 is 5.82 Å². The zero-order chi connectivity index (χ0) is 16.2. The Kier molecular flexibility index (Phi) is 3.82. The Morgan fingerprint density at radius 1 is 1.13 bits per heavy atom. The molecule has 3 aromatic rings. The van der Waals surface area contributed by atoms with Crippen LogP contribution in [0.25, 0.3) is 10.5 Å². The Balaban J connectivity index is 1.98. The van der Waals surface area contributed by atoms with Crippen LogP contribution in [0.2, 0.25) is 0 Å². The Labute approximate surface area is 132 Å². The molecule has 6 heteroatoms. The van der Waals surface area contributed by atoms with E-state index in [1.807, 2.05) is 6.92 Å². The van der Waals surface area contributed by atoms with Crippen LogP contribution in [0.1, 0.15) is 17.1 Å². The third kappa shape index (κ3) is 3.22. The molecule has 0 saturated heterocycles. The van der Waals surface area contributed by atoms with E-state index in [0.29, 0.717) is 17.1 Å². The molecule has 0 aliphatic rings. The number of aryl methyl sites for hydroxylation is 1. The molecule has 5 nitrogen and oxygen atoms in total. The van der Waals surface area contributed by atoms with Gasteiger partial charge in [0.25, 0.3) is 0 Å². The number of aromatic nitrogens is 4. The standard InChI is InChI=1S/C17H10FN5/c1-12-7-14(3-4-15-11-20-5-6-21-15)22-23(12)17-9-13(18)8-16(10-17)19-2/h5-11H,1H3. The van der Waals surface area contributed by atoms with Crippen LogP contribution in [-0.2, 0) is 0 Å². The molecule has 0 amide bonds. The number of halogens is 1. The second-order valence-corrected chi connectivity index (χ2v) is 4.70. The average Bonchev–Trinajstić information content (AvgIpc) is 2.94. The molecular weight excluding hydrogens is 293 g/mol. The smallest absolute Gasteiger partial charge is 0.192 e. The summed E-state index contributed by atoms with van der Waals surface area (Å²) in [6.45, 7) is 8.85. The molecular formula is C17H10FN5. The molecule has 2 heterocycles. The van der Waals surface area contributed by atoms with E-state index >= 15 is 0 Å². The Morgan fingerprint density at radius 2 is 1.96 bits per heavy atom. The van der Waals surface area contributed by atoms with E-state index in [1.165, 1.54) is 12.1 Å². The van der Waals surface area contributed by atoms with Crippen molar-refractivity contribution in [2.24, 2.45) is 0 Å². The van der Waals surface area contributed by atoms with Crippen LogP contribution in [0.15, 0.2) is 42.9 Å². The number of nitrogens with zero attached hydrogens (tertiary/aromatic N) is 5. The molecule has 0 aliphatic carbocycles. The van der Waals surface area contributed by atoms with Gasteiger partial charge in [0, 0.05) is 18.1 Å². The van der Waals surface area contributed by atoms with Gasteiger partial charge in [-0.05, 0) is 43.0 Å². The van der Waals surface area contributed by atoms with Crippen molar-refractivity contribution < 1.29 is 4.39 Å². The van der Waals surface area contributed by atoms with Crippen molar-refractivity contribution in [1.29, 1.82) is 0 Å². The van der Waals surface area contributed by atoms with Crippen LogP contribution >= 0.6 is 0 Å². The molecule has 0 unspecified atom stereocenters. The summed E-state index contributed by atoms with van der Waals surface area (Å²) in [7, 11) is 0. The normalized spacial score (nSPS) is 9.78. The molecule has 110 valence electrons. The first-order valence-electron chi connectivity index (χ1n) is 6.69. The van der Waals surface area contributed by atoms with Gasteiger partial charge in [0.1, 0.15) is 17.2 Å². The second-order valence-electron chi connectivity index (χ2n) is 4.70. The molecule has 2 aromatic heterocycles. The van der Waals surface area contributed by atoms with E-state index in [-0.39, 0.29) is 5.69 Å². The fourth-order valence-corrected chi connectivity index (χ4v) is 2.03. The quantitative estimate of drug-likeness (QED) is 0.513. The van der Waals surface area contributed by atoms with E-state index in [2.05, 4.69) is 31.8 Å². The van der Waals surface area contributed by atoms with Crippen LogP contribution in [0.5, 0.6) is 0 Å². The van der Waals surface area contributed by atoms with Crippen LogP contribution in [0, 0.1) is 31.2 Å². The first-order valence-corrected chi connectivity index (χ1v) is 6.69. The Hall–Kier alpha value is -3.51. The van der Waals surface area contributed by atoms with E-state index in [4.69, 9.17) is 6.57 Å². The van der Waals surface area contributed by atoms with Crippen LogP contribution < -0.4 is 0 Å². The topological polar surface area (TPSA) is 48.0 Å². The average molecular weight is 303 g/mol. The van der Waals surface area contributed by atoms with Crippen LogP contribution in [0.3, 0.4) is 0 Å². The molecule has 23 heavy (non-hydrogen) atoms. The lowest BCUT2D eigenvalue weighted by Gasteiger charge is -2.04. The number of hydrogen-bond acceptors (Lipinski definition) is 3. The van der Waals surface area contributed by atoms with Crippen molar-refractivity contribution in [1.82, 2.24) is 19.7 Å². The summed E-state index contributed by atoms with van der Waals surface area (Å²) in [5.41, 5.74) is 2.57. The first-order chi connectivity index (χ1) is 11.2. The molecule has 0 saturated carbocycles. The molecule has 1 aromatic carbocycles. The van der Waals surface area contributed by atoms with Gasteiger partial charge in [-0.1, -0.05) is 0 Å². The van der Waals surface area contributed by atoms with Gasteiger partial charge in [0.15, 0.2) is 5.69 Å². The van der Waals surface area contributed by atoms with Crippen molar-refractivity contribution in [2.45, 2.75) is 6.92 Å². The predicted molar refractivity (Wildman–Crippen MR) is 82.5 cm³/mol. The van der Waals surface area contributed by atoms with E-state index in [1.54, 1.807) is 35.4 Å². The minimum Gasteiger partial charge on any atom is -0.260 e. The monoisotopic (exact) mass is 303 g/mol. The molecule has 0 bridgehead atoms. The van der Waals surface area contributed by atoms with Crippen molar-refractivity contribution in [2.75, 3.05) is 0 Å². The summed E-state index contributed by atoms with van der Waals surface area (Å²) in [5.74, 6) is 5.29.